The van der Waals surface area contributed by atoms with Crippen LogP contribution in [0.4, 0.5) is 0 Å². The summed E-state index contributed by atoms with van der Waals surface area (Å²) >= 11 is 0. The number of nitrogens with two attached hydrogens (primary N) is 4. The average molecular weight is 1190 g/mol. The predicted molar refractivity (Wildman–Crippen MR) is 310 cm³/mol. The highest BCUT2D eigenvalue weighted by Crippen LogP contribution is 2.47. The van der Waals surface area contributed by atoms with E-state index in [0.29, 0.717) is 19.4 Å². The lowest BCUT2D eigenvalue weighted by atomic mass is 10.0. The van der Waals surface area contributed by atoms with Gasteiger partial charge < -0.3 is 96.7 Å². The SMILES string of the molecule is CC(O)[C@H](NC(=O)[C@H](CCN)NC(=O)[C@H]1C[C@@H]1c1ccccc1)C(=O)N[C@@H](C)CCN.CCC[C@@H]1NC(=O)[C@H](C(C)O)NC(=O)[C@@H](CC(C)C)NC(=O)[C@H](CCN)NC(=O)[C@@H](NC(C)=O)CCNC(=O)[C@H](C(C)O)NC(=O)[C@H](CCN)NC1=O. The molecule has 1 heterocycles. The second kappa shape index (κ2) is 37.4. The van der Waals surface area contributed by atoms with Gasteiger partial charge in [-0.1, -0.05) is 57.5 Å². The lowest BCUT2D eigenvalue weighted by Gasteiger charge is -2.29. The Hall–Kier alpha value is -6.89. The van der Waals surface area contributed by atoms with Crippen LogP contribution in [0.5, 0.6) is 0 Å². The summed E-state index contributed by atoms with van der Waals surface area (Å²) in [6.45, 7) is 12.4. The van der Waals surface area contributed by atoms with E-state index < -0.39 is 132 Å². The first-order chi connectivity index (χ1) is 39.6. The van der Waals surface area contributed by atoms with Gasteiger partial charge in [0.05, 0.1) is 18.3 Å². The van der Waals surface area contributed by atoms with Crippen molar-refractivity contribution in [1.29, 1.82) is 0 Å². The van der Waals surface area contributed by atoms with Gasteiger partial charge in [0.2, 0.25) is 65.0 Å². The molecule has 1 aliphatic heterocycles. The standard InChI is InChI=1S/C33H60N10O10.C22H35N5O4/c1-7-8-20-27(47)39-22(10-13-35)30(50)42-25(17(4)44)32(52)36-14-11-23(37-19(6)46)29(49)38-21(9-12-34)28(48)41-24(15-16(2)3)31(51)43-26(18(5)45)33(53)40-20;1-13(8-10-23)25-22(31)19(14(2)28)27-21(30)18(9-11-24)26-20(29)17-12-16(17)15-6-4-3-5-7-15/h16-18,20-26,44-45H,7-15,34-35H2,1-6H3,(H,36,52)(H,37,46)(H,38,49)(H,39,47)(H,40,53)(H,41,48)(H,42,50)(H,43,51);3-7,13-14,16-19,28H,8-12,23-24H2,1-2H3,(H,25,31)(H,26,29)(H,27,30)/t17?,18?,20-,21-,22-,23-,24+,25-,26-;13-,14?,16+,17-,18-,19-/m00/s1. The molecule has 1 aliphatic carbocycles. The molecule has 0 spiro atoms. The number of carbonyl (C=O) groups is 11. The van der Waals surface area contributed by atoms with E-state index >= 15 is 0 Å². The van der Waals surface area contributed by atoms with Gasteiger partial charge in [-0.15, -0.1) is 0 Å². The van der Waals surface area contributed by atoms with Gasteiger partial charge in [0.25, 0.3) is 0 Å². The molecule has 2 aliphatic rings. The van der Waals surface area contributed by atoms with Crippen molar-refractivity contribution in [3.63, 3.8) is 0 Å². The van der Waals surface area contributed by atoms with Crippen LogP contribution in [0.15, 0.2) is 30.3 Å². The van der Waals surface area contributed by atoms with Crippen molar-refractivity contribution in [1.82, 2.24) is 58.5 Å². The maximum atomic E-state index is 13.6. The number of hydrogen-bond acceptors (Lipinski definition) is 18. The molecule has 11 amide bonds. The Balaban J connectivity index is 0.000000655. The fraction of sp³-hybridized carbons (Fsp3) is 0.691. The number of nitrogens with one attached hydrogen (secondary N) is 11. The number of aliphatic hydroxyl groups is 3. The zero-order valence-electron chi connectivity index (χ0n) is 49.7. The van der Waals surface area contributed by atoms with Crippen LogP contribution in [-0.2, 0) is 52.7 Å². The summed E-state index contributed by atoms with van der Waals surface area (Å²) in [5, 5.41) is 59.0. The monoisotopic (exact) mass is 1190 g/mol. The smallest absolute Gasteiger partial charge is 0.245 e. The first kappa shape index (κ1) is 73.2. The van der Waals surface area contributed by atoms with E-state index in [-0.39, 0.29) is 94.4 Å². The van der Waals surface area contributed by atoms with E-state index in [1.807, 2.05) is 30.3 Å². The summed E-state index contributed by atoms with van der Waals surface area (Å²) in [4.78, 5) is 144. The minimum absolute atomic E-state index is 0.0599. The van der Waals surface area contributed by atoms with Crippen LogP contribution in [0.25, 0.3) is 0 Å². The molecule has 15 atom stereocenters. The molecule has 3 rings (SSSR count). The molecule has 0 aromatic heterocycles. The number of rotatable bonds is 23. The van der Waals surface area contributed by atoms with Crippen molar-refractivity contribution in [3.05, 3.63) is 35.9 Å². The van der Waals surface area contributed by atoms with Gasteiger partial charge in [0.1, 0.15) is 54.4 Å². The molecule has 1 aromatic rings. The molecule has 0 bridgehead atoms. The molecule has 1 saturated carbocycles. The Morgan fingerprint density at radius 3 is 1.60 bits per heavy atom. The van der Waals surface area contributed by atoms with Gasteiger partial charge in [-0.05, 0) is 123 Å². The largest absolute Gasteiger partial charge is 0.391 e. The fourth-order valence-corrected chi connectivity index (χ4v) is 9.07. The molecule has 2 fully saturated rings. The first-order valence-electron chi connectivity index (χ1n) is 28.8. The highest BCUT2D eigenvalue weighted by Gasteiger charge is 2.45. The van der Waals surface area contributed by atoms with Crippen LogP contribution in [0.3, 0.4) is 0 Å². The maximum absolute atomic E-state index is 13.6. The lowest BCUT2D eigenvalue weighted by Crippen LogP contribution is -2.62. The van der Waals surface area contributed by atoms with Crippen LogP contribution in [0.1, 0.15) is 125 Å². The van der Waals surface area contributed by atoms with Gasteiger partial charge >= 0.3 is 0 Å². The molecule has 3 unspecified atom stereocenters. The van der Waals surface area contributed by atoms with Crippen LogP contribution >= 0.6 is 0 Å². The summed E-state index contributed by atoms with van der Waals surface area (Å²) in [5.74, 6) is -7.94. The number of carbonyl (C=O) groups excluding carboxylic acids is 11. The Morgan fingerprint density at radius 2 is 1.10 bits per heavy atom. The predicted octanol–water partition coefficient (Wildman–Crippen LogP) is -5.43. The maximum Gasteiger partial charge on any atom is 0.245 e. The molecule has 29 nitrogen and oxygen atoms in total. The third-order valence-corrected chi connectivity index (χ3v) is 13.8. The van der Waals surface area contributed by atoms with E-state index in [4.69, 9.17) is 22.9 Å². The van der Waals surface area contributed by atoms with E-state index in [9.17, 15) is 68.1 Å². The summed E-state index contributed by atoms with van der Waals surface area (Å²) in [7, 11) is 0. The van der Waals surface area contributed by atoms with Gasteiger partial charge in [0, 0.05) is 25.4 Å². The third kappa shape index (κ3) is 25.1. The molecule has 29 heteroatoms. The van der Waals surface area contributed by atoms with E-state index in [1.165, 1.54) is 20.8 Å². The zero-order chi connectivity index (χ0) is 63.4. The Bertz CT molecular complexity index is 2330. The molecular formula is C55H95N15O14. The van der Waals surface area contributed by atoms with Gasteiger partial charge in [0.15, 0.2) is 0 Å². The normalized spacial score (nSPS) is 25.2. The number of hydrogen-bond donors (Lipinski definition) is 18. The van der Waals surface area contributed by atoms with E-state index in [1.54, 1.807) is 27.7 Å². The third-order valence-electron chi connectivity index (χ3n) is 13.8. The van der Waals surface area contributed by atoms with E-state index in [2.05, 4.69) is 58.5 Å². The van der Waals surface area contributed by atoms with Crippen molar-refractivity contribution in [2.24, 2.45) is 34.8 Å². The number of amides is 11. The van der Waals surface area contributed by atoms with Crippen molar-refractivity contribution in [2.45, 2.75) is 198 Å². The van der Waals surface area contributed by atoms with E-state index in [0.717, 1.165) is 18.9 Å². The van der Waals surface area contributed by atoms with Crippen LogP contribution in [0, 0.1) is 11.8 Å². The molecule has 22 N–H and O–H groups in total. The minimum atomic E-state index is -1.59. The zero-order valence-corrected chi connectivity index (χ0v) is 49.7. The molecule has 84 heavy (non-hydrogen) atoms. The number of benzene rings is 1. The molecule has 1 aromatic carbocycles. The van der Waals surface area contributed by atoms with Crippen LogP contribution in [-0.4, -0.2) is 192 Å². The molecule has 474 valence electrons. The second-order valence-corrected chi connectivity index (χ2v) is 21.8. The average Bonchev–Trinajstić information content (AvgIpc) is 4.20. The second-order valence-electron chi connectivity index (χ2n) is 21.8. The molecule has 0 radical (unpaired) electrons. The van der Waals surface area contributed by atoms with Crippen LogP contribution < -0.4 is 81.4 Å². The Labute approximate surface area is 491 Å². The molecular weight excluding hydrogens is 1090 g/mol. The summed E-state index contributed by atoms with van der Waals surface area (Å²) < 4.78 is 0. The number of aliphatic hydroxyl groups excluding tert-OH is 3. The Morgan fingerprint density at radius 1 is 0.595 bits per heavy atom. The van der Waals surface area contributed by atoms with Crippen molar-refractivity contribution in [3.8, 4) is 0 Å². The Kier molecular flexibility index (Phi) is 32.6. The van der Waals surface area contributed by atoms with Crippen molar-refractivity contribution < 1.29 is 68.1 Å². The highest BCUT2D eigenvalue weighted by atomic mass is 16.3. The highest BCUT2D eigenvalue weighted by molar-refractivity contribution is 5.98. The lowest BCUT2D eigenvalue weighted by molar-refractivity contribution is -0.137. The van der Waals surface area contributed by atoms with Crippen LogP contribution in [0.2, 0.25) is 0 Å². The first-order valence-corrected chi connectivity index (χ1v) is 28.8. The summed E-state index contributed by atoms with van der Waals surface area (Å²) in [6.07, 6.45) is -2.26. The topological polar surface area (TPSA) is 485 Å². The van der Waals surface area contributed by atoms with Gasteiger partial charge in [-0.3, -0.25) is 52.7 Å². The molecule has 1 saturated heterocycles. The summed E-state index contributed by atoms with van der Waals surface area (Å²) in [6, 6.07) is -1.90. The quantitative estimate of drug-likeness (QED) is 0.0486. The summed E-state index contributed by atoms with van der Waals surface area (Å²) in [5.41, 5.74) is 23.7. The van der Waals surface area contributed by atoms with Gasteiger partial charge in [-0.2, -0.15) is 0 Å². The fourth-order valence-electron chi connectivity index (χ4n) is 9.07. The van der Waals surface area contributed by atoms with Crippen molar-refractivity contribution >= 4 is 65.0 Å². The van der Waals surface area contributed by atoms with Crippen molar-refractivity contribution in [2.75, 3.05) is 32.7 Å². The minimum Gasteiger partial charge on any atom is -0.391 e. The van der Waals surface area contributed by atoms with Gasteiger partial charge in [-0.25, -0.2) is 0 Å².